The first-order valence-electron chi connectivity index (χ1n) is 7.76. The van der Waals surface area contributed by atoms with Gasteiger partial charge in [0.1, 0.15) is 0 Å². The van der Waals surface area contributed by atoms with Crippen molar-refractivity contribution in [3.8, 4) is 0 Å². The van der Waals surface area contributed by atoms with Gasteiger partial charge in [0.2, 0.25) is 26.0 Å². The first-order chi connectivity index (χ1) is 12.2. The highest BCUT2D eigenvalue weighted by Gasteiger charge is 2.36. The van der Waals surface area contributed by atoms with Crippen LogP contribution in [0.2, 0.25) is 0 Å². The van der Waals surface area contributed by atoms with Crippen LogP contribution in [0.15, 0.2) is 47.6 Å². The van der Waals surface area contributed by atoms with Crippen molar-refractivity contribution in [2.24, 2.45) is 0 Å². The molecule has 1 aliphatic rings. The number of rotatable bonds is 5. The standard InChI is InChI=1S/C16H17N3O5S2/c1-12-4-5-14(19-16(20)6-8-25(19,21)22)9-15(12)26(23,24)18-11-13-3-2-7-17-10-13/h2-5,7,9-10,18H,6,8,11H2,1H3. The zero-order valence-electron chi connectivity index (χ0n) is 13.9. The van der Waals surface area contributed by atoms with E-state index in [0.717, 1.165) is 0 Å². The van der Waals surface area contributed by atoms with E-state index in [1.54, 1.807) is 31.5 Å². The number of nitrogens with zero attached hydrogens (tertiary/aromatic N) is 2. The first kappa shape index (κ1) is 18.5. The molecular formula is C16H17N3O5S2. The second kappa shape index (κ2) is 6.78. The fraction of sp³-hybridized carbons (Fsp3) is 0.250. The van der Waals surface area contributed by atoms with Gasteiger partial charge in [-0.3, -0.25) is 9.78 Å². The molecular weight excluding hydrogens is 378 g/mol. The quantitative estimate of drug-likeness (QED) is 0.806. The maximum Gasteiger partial charge on any atom is 0.242 e. The largest absolute Gasteiger partial charge is 0.273 e. The molecule has 0 spiro atoms. The minimum absolute atomic E-state index is 0.0276. The Morgan fingerprint density at radius 1 is 1.27 bits per heavy atom. The van der Waals surface area contributed by atoms with Crippen molar-refractivity contribution in [2.45, 2.75) is 24.8 Å². The highest BCUT2D eigenvalue weighted by molar-refractivity contribution is 7.94. The highest BCUT2D eigenvalue weighted by atomic mass is 32.2. The number of benzene rings is 1. The van der Waals surface area contributed by atoms with Crippen LogP contribution in [-0.4, -0.2) is 33.5 Å². The molecule has 26 heavy (non-hydrogen) atoms. The summed E-state index contributed by atoms with van der Waals surface area (Å²) >= 11 is 0. The van der Waals surface area contributed by atoms with E-state index in [-0.39, 0.29) is 29.3 Å². The number of aryl methyl sites for hydroxylation is 1. The lowest BCUT2D eigenvalue weighted by molar-refractivity contribution is -0.116. The van der Waals surface area contributed by atoms with Crippen molar-refractivity contribution in [3.05, 3.63) is 53.9 Å². The topological polar surface area (TPSA) is 114 Å². The van der Waals surface area contributed by atoms with E-state index >= 15 is 0 Å². The van der Waals surface area contributed by atoms with Crippen molar-refractivity contribution >= 4 is 31.6 Å². The van der Waals surface area contributed by atoms with Crippen LogP contribution < -0.4 is 9.03 Å². The number of hydrogen-bond acceptors (Lipinski definition) is 6. The van der Waals surface area contributed by atoms with Crippen molar-refractivity contribution < 1.29 is 21.6 Å². The molecule has 10 heteroatoms. The van der Waals surface area contributed by atoms with Gasteiger partial charge < -0.3 is 0 Å². The smallest absolute Gasteiger partial charge is 0.242 e. The summed E-state index contributed by atoms with van der Waals surface area (Å²) in [4.78, 5) is 15.8. The molecule has 8 nitrogen and oxygen atoms in total. The Hall–Kier alpha value is -2.30. The number of sulfonamides is 2. The zero-order valence-corrected chi connectivity index (χ0v) is 15.5. The van der Waals surface area contributed by atoms with Gasteiger partial charge in [-0.2, -0.15) is 0 Å². The van der Waals surface area contributed by atoms with Crippen LogP contribution in [0.1, 0.15) is 17.5 Å². The summed E-state index contributed by atoms with van der Waals surface area (Å²) < 4.78 is 52.6. The fourth-order valence-electron chi connectivity index (χ4n) is 2.63. The Bertz CT molecular complexity index is 1050. The van der Waals surface area contributed by atoms with Crippen molar-refractivity contribution in [3.63, 3.8) is 0 Å². The molecule has 0 saturated carbocycles. The van der Waals surface area contributed by atoms with Crippen LogP contribution in [0.25, 0.3) is 0 Å². The number of nitrogens with one attached hydrogen (secondary N) is 1. The highest BCUT2D eigenvalue weighted by Crippen LogP contribution is 2.29. The summed E-state index contributed by atoms with van der Waals surface area (Å²) in [6, 6.07) is 7.54. The van der Waals surface area contributed by atoms with Crippen LogP contribution in [0, 0.1) is 6.92 Å². The summed E-state index contributed by atoms with van der Waals surface area (Å²) in [7, 11) is -7.67. The van der Waals surface area contributed by atoms with E-state index in [0.29, 0.717) is 15.4 Å². The summed E-state index contributed by atoms with van der Waals surface area (Å²) in [5, 5.41) is 0. The molecule has 1 amide bonds. The lowest BCUT2D eigenvalue weighted by Gasteiger charge is -2.17. The van der Waals surface area contributed by atoms with E-state index in [4.69, 9.17) is 0 Å². The van der Waals surface area contributed by atoms with Gasteiger partial charge in [0, 0.05) is 25.4 Å². The van der Waals surface area contributed by atoms with Crippen LogP contribution in [0.5, 0.6) is 0 Å². The number of anilines is 1. The summed E-state index contributed by atoms with van der Waals surface area (Å²) in [5.74, 6) is -0.846. The average molecular weight is 395 g/mol. The molecule has 1 aliphatic heterocycles. The number of hydrogen-bond donors (Lipinski definition) is 1. The molecule has 1 aromatic carbocycles. The Morgan fingerprint density at radius 2 is 2.04 bits per heavy atom. The minimum Gasteiger partial charge on any atom is -0.273 e. The number of amides is 1. The first-order valence-corrected chi connectivity index (χ1v) is 10.8. The maximum atomic E-state index is 12.7. The second-order valence-corrected chi connectivity index (χ2v) is 9.53. The normalized spacial score (nSPS) is 16.8. The predicted octanol–water partition coefficient (Wildman–Crippen LogP) is 0.935. The van der Waals surface area contributed by atoms with Crippen LogP contribution in [-0.2, 0) is 31.4 Å². The lowest BCUT2D eigenvalue weighted by atomic mass is 10.2. The molecule has 1 saturated heterocycles. The second-order valence-electron chi connectivity index (χ2n) is 5.86. The minimum atomic E-state index is -3.91. The third-order valence-electron chi connectivity index (χ3n) is 3.96. The lowest BCUT2D eigenvalue weighted by Crippen LogP contribution is -2.30. The summed E-state index contributed by atoms with van der Waals surface area (Å²) in [6.45, 7) is 1.64. The molecule has 2 aromatic rings. The van der Waals surface area contributed by atoms with Gasteiger partial charge >= 0.3 is 0 Å². The van der Waals surface area contributed by atoms with Gasteiger partial charge in [0.25, 0.3) is 0 Å². The van der Waals surface area contributed by atoms with Gasteiger partial charge in [-0.05, 0) is 36.2 Å². The van der Waals surface area contributed by atoms with Crippen molar-refractivity contribution in [1.29, 1.82) is 0 Å². The van der Waals surface area contributed by atoms with Crippen LogP contribution in [0.4, 0.5) is 5.69 Å². The molecule has 3 rings (SSSR count). The zero-order chi connectivity index (χ0) is 18.9. The Kier molecular flexibility index (Phi) is 4.82. The predicted molar refractivity (Wildman–Crippen MR) is 95.3 cm³/mol. The molecule has 0 unspecified atom stereocenters. The molecule has 0 atom stereocenters. The molecule has 1 N–H and O–H groups in total. The van der Waals surface area contributed by atoms with Crippen LogP contribution in [0.3, 0.4) is 0 Å². The molecule has 0 radical (unpaired) electrons. The fourth-order valence-corrected chi connectivity index (χ4v) is 5.36. The number of pyridine rings is 1. The van der Waals surface area contributed by atoms with E-state index in [1.807, 2.05) is 0 Å². The Morgan fingerprint density at radius 3 is 2.65 bits per heavy atom. The Labute approximate surface area is 152 Å². The molecule has 1 fully saturated rings. The van der Waals surface area contributed by atoms with E-state index in [1.165, 1.54) is 18.2 Å². The van der Waals surface area contributed by atoms with Gasteiger partial charge in [0.15, 0.2) is 0 Å². The number of carbonyl (C=O) groups excluding carboxylic acids is 1. The summed E-state index contributed by atoms with van der Waals surface area (Å²) in [5.41, 5.74) is 1.15. The molecule has 0 aliphatic carbocycles. The third kappa shape index (κ3) is 3.62. The van der Waals surface area contributed by atoms with E-state index in [2.05, 4.69) is 9.71 Å². The molecule has 0 bridgehead atoms. The van der Waals surface area contributed by atoms with Gasteiger partial charge in [-0.25, -0.2) is 25.9 Å². The van der Waals surface area contributed by atoms with Crippen molar-refractivity contribution in [2.75, 3.05) is 10.1 Å². The molecule has 1 aromatic heterocycles. The average Bonchev–Trinajstić information content (AvgIpc) is 2.88. The monoisotopic (exact) mass is 395 g/mol. The molecule has 2 heterocycles. The van der Waals surface area contributed by atoms with E-state index < -0.39 is 26.0 Å². The van der Waals surface area contributed by atoms with Gasteiger partial charge in [0.05, 0.1) is 16.3 Å². The summed E-state index contributed by atoms with van der Waals surface area (Å²) in [6.07, 6.45) is 3.01. The number of aromatic nitrogens is 1. The Balaban J connectivity index is 1.93. The third-order valence-corrected chi connectivity index (χ3v) is 7.20. The number of carbonyl (C=O) groups is 1. The van der Waals surface area contributed by atoms with Crippen molar-refractivity contribution in [1.82, 2.24) is 9.71 Å². The molecule has 138 valence electrons. The van der Waals surface area contributed by atoms with E-state index in [9.17, 15) is 21.6 Å². The maximum absolute atomic E-state index is 12.7. The van der Waals surface area contributed by atoms with Crippen LogP contribution >= 0.6 is 0 Å². The van der Waals surface area contributed by atoms with Gasteiger partial charge in [-0.15, -0.1) is 0 Å². The SMILES string of the molecule is Cc1ccc(N2C(=O)CCS2(=O)=O)cc1S(=O)(=O)NCc1cccnc1. The van der Waals surface area contributed by atoms with Gasteiger partial charge in [-0.1, -0.05) is 12.1 Å².